The van der Waals surface area contributed by atoms with Crippen molar-refractivity contribution in [2.75, 3.05) is 39.5 Å². The zero-order chi connectivity index (χ0) is 11.3. The highest BCUT2D eigenvalue weighted by atomic mass is 16.5. The summed E-state index contributed by atoms with van der Waals surface area (Å²) in [6.45, 7) is 12.9. The highest BCUT2D eigenvalue weighted by Crippen LogP contribution is 2.03. The molecule has 15 heavy (non-hydrogen) atoms. The molecule has 0 atom stereocenters. The number of esters is 1. The standard InChI is InChI=1S/C11H20N2O2/c1-4-12-5-6-13(9-12)7-8-15-11(14)10(2)3/h2,4-9H2,1,3H3. The van der Waals surface area contributed by atoms with Crippen LogP contribution < -0.4 is 0 Å². The monoisotopic (exact) mass is 212 g/mol. The van der Waals surface area contributed by atoms with E-state index < -0.39 is 0 Å². The summed E-state index contributed by atoms with van der Waals surface area (Å²) in [5.41, 5.74) is 0.464. The second kappa shape index (κ2) is 5.88. The summed E-state index contributed by atoms with van der Waals surface area (Å²) >= 11 is 0. The van der Waals surface area contributed by atoms with Crippen LogP contribution in [0.15, 0.2) is 12.2 Å². The summed E-state index contributed by atoms with van der Waals surface area (Å²) in [7, 11) is 0. The molecule has 0 N–H and O–H groups in total. The molecule has 0 unspecified atom stereocenters. The van der Waals surface area contributed by atoms with E-state index in [4.69, 9.17) is 4.74 Å². The van der Waals surface area contributed by atoms with Crippen LogP contribution in [-0.2, 0) is 9.53 Å². The predicted molar refractivity (Wildman–Crippen MR) is 59.5 cm³/mol. The van der Waals surface area contributed by atoms with Crippen LogP contribution in [0.3, 0.4) is 0 Å². The maximum atomic E-state index is 11.1. The first-order valence-electron chi connectivity index (χ1n) is 5.40. The Morgan fingerprint density at radius 1 is 1.40 bits per heavy atom. The van der Waals surface area contributed by atoms with E-state index in [1.165, 1.54) is 0 Å². The van der Waals surface area contributed by atoms with Crippen LogP contribution in [-0.4, -0.2) is 55.2 Å². The summed E-state index contributed by atoms with van der Waals surface area (Å²) < 4.78 is 5.04. The molecule has 4 nitrogen and oxygen atoms in total. The molecule has 1 rings (SSSR count). The maximum absolute atomic E-state index is 11.1. The molecule has 0 aromatic heterocycles. The summed E-state index contributed by atoms with van der Waals surface area (Å²) in [6, 6.07) is 0. The van der Waals surface area contributed by atoms with E-state index in [1.807, 2.05) is 0 Å². The van der Waals surface area contributed by atoms with Crippen molar-refractivity contribution in [1.29, 1.82) is 0 Å². The fraction of sp³-hybridized carbons (Fsp3) is 0.727. The smallest absolute Gasteiger partial charge is 0.333 e. The molecule has 4 heteroatoms. The van der Waals surface area contributed by atoms with Crippen LogP contribution in [0.1, 0.15) is 13.8 Å². The van der Waals surface area contributed by atoms with E-state index >= 15 is 0 Å². The maximum Gasteiger partial charge on any atom is 0.333 e. The van der Waals surface area contributed by atoms with Gasteiger partial charge in [0.25, 0.3) is 0 Å². The average Bonchev–Trinajstić information content (AvgIpc) is 2.65. The normalized spacial score (nSPS) is 18.0. The fourth-order valence-corrected chi connectivity index (χ4v) is 1.54. The van der Waals surface area contributed by atoms with Gasteiger partial charge in [0.05, 0.1) is 6.67 Å². The van der Waals surface area contributed by atoms with Crippen LogP contribution in [0.25, 0.3) is 0 Å². The first-order valence-corrected chi connectivity index (χ1v) is 5.40. The van der Waals surface area contributed by atoms with E-state index in [-0.39, 0.29) is 5.97 Å². The quantitative estimate of drug-likeness (QED) is 0.496. The Bertz CT molecular complexity index is 241. The third kappa shape index (κ3) is 4.01. The molecule has 1 heterocycles. The lowest BCUT2D eigenvalue weighted by molar-refractivity contribution is -0.139. The molecule has 0 saturated carbocycles. The Kier molecular flexibility index (Phi) is 4.78. The van der Waals surface area contributed by atoms with Crippen molar-refractivity contribution in [3.05, 3.63) is 12.2 Å². The molecule has 0 aromatic carbocycles. The predicted octanol–water partition coefficient (Wildman–Crippen LogP) is 0.701. The van der Waals surface area contributed by atoms with Gasteiger partial charge in [0.2, 0.25) is 0 Å². The van der Waals surface area contributed by atoms with Gasteiger partial charge in [-0.05, 0) is 13.5 Å². The summed E-state index contributed by atoms with van der Waals surface area (Å²) in [5, 5.41) is 0. The lowest BCUT2D eigenvalue weighted by Crippen LogP contribution is -2.28. The van der Waals surface area contributed by atoms with Crippen molar-refractivity contribution < 1.29 is 9.53 Å². The second-order valence-electron chi connectivity index (χ2n) is 3.89. The Labute approximate surface area is 91.5 Å². The van der Waals surface area contributed by atoms with Crippen molar-refractivity contribution in [2.24, 2.45) is 0 Å². The highest BCUT2D eigenvalue weighted by Gasteiger charge is 2.17. The minimum Gasteiger partial charge on any atom is -0.461 e. The van der Waals surface area contributed by atoms with Crippen molar-refractivity contribution in [2.45, 2.75) is 13.8 Å². The number of hydrogen-bond donors (Lipinski definition) is 0. The zero-order valence-corrected chi connectivity index (χ0v) is 9.66. The summed E-state index contributed by atoms with van der Waals surface area (Å²) in [4.78, 5) is 15.7. The largest absolute Gasteiger partial charge is 0.461 e. The Morgan fingerprint density at radius 3 is 2.60 bits per heavy atom. The van der Waals surface area contributed by atoms with Crippen LogP contribution in [0, 0.1) is 0 Å². The number of carbonyl (C=O) groups excluding carboxylic acids is 1. The minimum absolute atomic E-state index is 0.290. The first kappa shape index (κ1) is 12.2. The molecule has 1 fully saturated rings. The van der Waals surface area contributed by atoms with E-state index in [1.54, 1.807) is 6.92 Å². The molecule has 1 aliphatic rings. The summed E-state index contributed by atoms with van der Waals surface area (Å²) in [5.74, 6) is -0.290. The van der Waals surface area contributed by atoms with Gasteiger partial charge < -0.3 is 4.74 Å². The first-order chi connectivity index (χ1) is 7.13. The minimum atomic E-state index is -0.290. The SMILES string of the molecule is C=C(C)C(=O)OCCN1CCN(CC)C1. The van der Waals surface area contributed by atoms with Gasteiger partial charge in [0.1, 0.15) is 6.61 Å². The number of ether oxygens (including phenoxy) is 1. The molecular formula is C11H20N2O2. The van der Waals surface area contributed by atoms with Gasteiger partial charge >= 0.3 is 5.97 Å². The molecule has 0 spiro atoms. The summed E-state index contributed by atoms with van der Waals surface area (Å²) in [6.07, 6.45) is 0. The second-order valence-corrected chi connectivity index (χ2v) is 3.89. The van der Waals surface area contributed by atoms with Gasteiger partial charge in [-0.3, -0.25) is 9.80 Å². The van der Waals surface area contributed by atoms with Crippen LogP contribution in [0.4, 0.5) is 0 Å². The van der Waals surface area contributed by atoms with Gasteiger partial charge in [-0.25, -0.2) is 4.79 Å². The van der Waals surface area contributed by atoms with Crippen molar-refractivity contribution in [3.8, 4) is 0 Å². The third-order valence-corrected chi connectivity index (χ3v) is 2.57. The van der Waals surface area contributed by atoms with Crippen molar-refractivity contribution >= 4 is 5.97 Å². The van der Waals surface area contributed by atoms with Gasteiger partial charge in [-0.1, -0.05) is 13.5 Å². The van der Waals surface area contributed by atoms with Gasteiger partial charge in [-0.15, -0.1) is 0 Å². The Balaban J connectivity index is 2.11. The number of hydrogen-bond acceptors (Lipinski definition) is 4. The van der Waals surface area contributed by atoms with Crippen molar-refractivity contribution in [1.82, 2.24) is 9.80 Å². The fourth-order valence-electron chi connectivity index (χ4n) is 1.54. The lowest BCUT2D eigenvalue weighted by Gasteiger charge is -2.16. The van der Waals surface area contributed by atoms with Crippen LogP contribution >= 0.6 is 0 Å². The molecule has 0 radical (unpaired) electrons. The highest BCUT2D eigenvalue weighted by molar-refractivity contribution is 5.86. The van der Waals surface area contributed by atoms with E-state index in [9.17, 15) is 4.79 Å². The average molecular weight is 212 g/mol. The molecule has 0 aliphatic carbocycles. The molecule has 0 bridgehead atoms. The number of nitrogens with zero attached hydrogens (tertiary/aromatic N) is 2. The number of carbonyl (C=O) groups is 1. The Morgan fingerprint density at radius 2 is 2.07 bits per heavy atom. The third-order valence-electron chi connectivity index (χ3n) is 2.57. The van der Waals surface area contributed by atoms with Gasteiger partial charge in [-0.2, -0.15) is 0 Å². The topological polar surface area (TPSA) is 32.8 Å². The van der Waals surface area contributed by atoms with E-state index in [0.717, 1.165) is 32.8 Å². The van der Waals surface area contributed by atoms with Gasteiger partial charge in [0, 0.05) is 25.2 Å². The van der Waals surface area contributed by atoms with Crippen molar-refractivity contribution in [3.63, 3.8) is 0 Å². The zero-order valence-electron chi connectivity index (χ0n) is 9.66. The van der Waals surface area contributed by atoms with E-state index in [2.05, 4.69) is 23.3 Å². The van der Waals surface area contributed by atoms with E-state index in [0.29, 0.717) is 12.2 Å². The molecule has 86 valence electrons. The van der Waals surface area contributed by atoms with Gasteiger partial charge in [0.15, 0.2) is 0 Å². The number of rotatable bonds is 5. The molecular weight excluding hydrogens is 192 g/mol. The molecule has 0 amide bonds. The molecule has 0 aromatic rings. The lowest BCUT2D eigenvalue weighted by atomic mass is 10.4. The molecule has 1 aliphatic heterocycles. The Hall–Kier alpha value is -0.870. The van der Waals surface area contributed by atoms with Crippen LogP contribution in [0.2, 0.25) is 0 Å². The molecule has 1 saturated heterocycles. The number of likely N-dealkylation sites (N-methyl/N-ethyl adjacent to an activating group) is 1. The van der Waals surface area contributed by atoms with Crippen LogP contribution in [0.5, 0.6) is 0 Å².